The predicted octanol–water partition coefficient (Wildman–Crippen LogP) is 6.20. The molecular weight excluding hydrogens is 452 g/mol. The van der Waals surface area contributed by atoms with Gasteiger partial charge in [0.25, 0.3) is 0 Å². The van der Waals surface area contributed by atoms with Crippen LogP contribution in [0.25, 0.3) is 0 Å². The first-order chi connectivity index (χ1) is 13.5. The lowest BCUT2D eigenvalue weighted by Crippen LogP contribution is -2.41. The molecule has 1 aromatic rings. The van der Waals surface area contributed by atoms with Gasteiger partial charge >= 0.3 is 5.97 Å². The predicted molar refractivity (Wildman–Crippen MR) is 123 cm³/mol. The molecule has 29 heavy (non-hydrogen) atoms. The monoisotopic (exact) mass is 484 g/mol. The van der Waals surface area contributed by atoms with E-state index < -0.39 is 8.32 Å². The summed E-state index contributed by atoms with van der Waals surface area (Å²) >= 11 is 3.52. The normalized spacial score (nSPS) is 13.7. The van der Waals surface area contributed by atoms with E-state index in [4.69, 9.17) is 13.9 Å². The minimum absolute atomic E-state index is 0.0727. The van der Waals surface area contributed by atoms with E-state index in [-0.39, 0.29) is 17.1 Å². The maximum atomic E-state index is 11.2. The standard InChI is InChI=1S/C22H33BrO5Si/c1-22(2,3)29(7,8)28-17(12-10-9-11-13-20(24)27-6)16-14-18(25-4)21(23)19(15-16)26-5/h9-11,13-15,17H,12H2,1-8H3/b10-9-,13-11?/t17-/m1/s1. The second-order valence-corrected chi connectivity index (χ2v) is 13.7. The smallest absolute Gasteiger partial charge is 0.330 e. The van der Waals surface area contributed by atoms with Gasteiger partial charge in [0.2, 0.25) is 0 Å². The Morgan fingerprint density at radius 2 is 1.66 bits per heavy atom. The van der Waals surface area contributed by atoms with Crippen LogP contribution in [0.3, 0.4) is 0 Å². The molecule has 0 aliphatic heterocycles. The van der Waals surface area contributed by atoms with E-state index in [1.165, 1.54) is 13.2 Å². The Morgan fingerprint density at radius 1 is 1.10 bits per heavy atom. The quantitative estimate of drug-likeness (QED) is 0.180. The van der Waals surface area contributed by atoms with E-state index in [0.717, 1.165) is 10.0 Å². The average Bonchev–Trinajstić information content (AvgIpc) is 2.65. The largest absolute Gasteiger partial charge is 0.495 e. The summed E-state index contributed by atoms with van der Waals surface area (Å²) in [5.41, 5.74) is 0.980. The number of rotatable bonds is 9. The molecule has 0 fully saturated rings. The molecule has 5 nitrogen and oxygen atoms in total. The van der Waals surface area contributed by atoms with Crippen LogP contribution < -0.4 is 9.47 Å². The molecule has 0 radical (unpaired) electrons. The minimum atomic E-state index is -2.03. The summed E-state index contributed by atoms with van der Waals surface area (Å²) in [4.78, 5) is 11.2. The number of esters is 1. The zero-order chi connectivity index (χ0) is 22.2. The van der Waals surface area contributed by atoms with Crippen molar-refractivity contribution in [1.29, 1.82) is 0 Å². The Kier molecular flexibility index (Phi) is 9.65. The van der Waals surface area contributed by atoms with E-state index in [2.05, 4.69) is 54.5 Å². The molecule has 1 atom stereocenters. The number of hydrogen-bond acceptors (Lipinski definition) is 5. The van der Waals surface area contributed by atoms with Gasteiger partial charge in [-0.1, -0.05) is 39.0 Å². The maximum absolute atomic E-state index is 11.2. The lowest BCUT2D eigenvalue weighted by molar-refractivity contribution is -0.134. The van der Waals surface area contributed by atoms with Crippen molar-refractivity contribution in [3.8, 4) is 11.5 Å². The second-order valence-electron chi connectivity index (χ2n) is 8.15. The number of methoxy groups -OCH3 is 3. The number of ether oxygens (including phenoxy) is 3. The van der Waals surface area contributed by atoms with Crippen LogP contribution in [-0.2, 0) is 14.0 Å². The van der Waals surface area contributed by atoms with Crippen LogP contribution in [0.1, 0.15) is 38.9 Å². The molecule has 0 aromatic heterocycles. The summed E-state index contributed by atoms with van der Waals surface area (Å²) in [6.45, 7) is 11.1. The Bertz CT molecular complexity index is 725. The fourth-order valence-corrected chi connectivity index (χ4v) is 4.19. The lowest BCUT2D eigenvalue weighted by Gasteiger charge is -2.39. The fraction of sp³-hybridized carbons (Fsp3) is 0.500. The highest BCUT2D eigenvalue weighted by Crippen LogP contribution is 2.43. The Labute approximate surface area is 184 Å². The first-order valence-electron chi connectivity index (χ1n) is 9.47. The van der Waals surface area contributed by atoms with Crippen LogP contribution in [0.15, 0.2) is 40.9 Å². The summed E-state index contributed by atoms with van der Waals surface area (Å²) in [7, 11) is 2.58. The molecule has 1 aromatic carbocycles. The van der Waals surface area contributed by atoms with Crippen molar-refractivity contribution in [1.82, 2.24) is 0 Å². The molecule has 0 spiro atoms. The van der Waals surface area contributed by atoms with Crippen molar-refractivity contribution in [3.05, 3.63) is 46.5 Å². The van der Waals surface area contributed by atoms with Gasteiger partial charge in [-0.3, -0.25) is 0 Å². The Hall–Kier alpha value is -1.57. The summed E-state index contributed by atoms with van der Waals surface area (Å²) in [6, 6.07) is 3.95. The van der Waals surface area contributed by atoms with Gasteiger partial charge in [-0.05, 0) is 58.2 Å². The van der Waals surface area contributed by atoms with Gasteiger partial charge in [0, 0.05) is 6.08 Å². The average molecular weight is 485 g/mol. The minimum Gasteiger partial charge on any atom is -0.495 e. The first kappa shape index (κ1) is 25.5. The lowest BCUT2D eigenvalue weighted by atomic mass is 10.1. The number of carbonyl (C=O) groups is 1. The van der Waals surface area contributed by atoms with E-state index >= 15 is 0 Å². The topological polar surface area (TPSA) is 54.0 Å². The molecule has 7 heteroatoms. The van der Waals surface area contributed by atoms with Gasteiger partial charge in [0.15, 0.2) is 8.32 Å². The van der Waals surface area contributed by atoms with Gasteiger partial charge in [-0.2, -0.15) is 0 Å². The fourth-order valence-electron chi connectivity index (χ4n) is 2.34. The highest BCUT2D eigenvalue weighted by Gasteiger charge is 2.39. The molecular formula is C22H33BrO5Si. The van der Waals surface area contributed by atoms with Crippen molar-refractivity contribution in [3.63, 3.8) is 0 Å². The molecule has 0 heterocycles. The highest BCUT2D eigenvalue weighted by atomic mass is 79.9. The maximum Gasteiger partial charge on any atom is 0.330 e. The van der Waals surface area contributed by atoms with Crippen molar-refractivity contribution < 1.29 is 23.4 Å². The van der Waals surface area contributed by atoms with E-state index in [9.17, 15) is 4.79 Å². The third-order valence-electron chi connectivity index (χ3n) is 5.11. The molecule has 162 valence electrons. The molecule has 0 saturated carbocycles. The molecule has 0 aliphatic rings. The second kappa shape index (κ2) is 11.0. The van der Waals surface area contributed by atoms with Gasteiger partial charge in [-0.25, -0.2) is 4.79 Å². The van der Waals surface area contributed by atoms with Gasteiger partial charge in [0.1, 0.15) is 16.0 Å². The third kappa shape index (κ3) is 7.32. The van der Waals surface area contributed by atoms with E-state index in [0.29, 0.717) is 17.9 Å². The molecule has 0 saturated heterocycles. The van der Waals surface area contributed by atoms with E-state index in [1.54, 1.807) is 20.3 Å². The Morgan fingerprint density at radius 3 is 2.10 bits per heavy atom. The number of benzene rings is 1. The van der Waals surface area contributed by atoms with Crippen LogP contribution in [-0.4, -0.2) is 35.6 Å². The number of carbonyl (C=O) groups excluding carboxylic acids is 1. The molecule has 0 aliphatic carbocycles. The van der Waals surface area contributed by atoms with Crippen LogP contribution in [0.2, 0.25) is 18.1 Å². The zero-order valence-electron chi connectivity index (χ0n) is 18.7. The van der Waals surface area contributed by atoms with Crippen molar-refractivity contribution >= 4 is 30.2 Å². The summed E-state index contributed by atoms with van der Waals surface area (Å²) in [5.74, 6) is 1.00. The van der Waals surface area contributed by atoms with Gasteiger partial charge < -0.3 is 18.6 Å². The molecule has 0 bridgehead atoms. The zero-order valence-corrected chi connectivity index (χ0v) is 21.3. The number of allylic oxidation sites excluding steroid dienone is 2. The third-order valence-corrected chi connectivity index (χ3v) is 10.4. The van der Waals surface area contributed by atoms with Crippen molar-refractivity contribution in [2.45, 2.75) is 51.4 Å². The summed E-state index contributed by atoms with van der Waals surface area (Å²) in [5, 5.41) is 0.0727. The number of halogens is 1. The van der Waals surface area contributed by atoms with Crippen LogP contribution in [0, 0.1) is 0 Å². The van der Waals surface area contributed by atoms with Gasteiger partial charge in [-0.15, -0.1) is 0 Å². The SMILES string of the molecule is COC(=O)C=C/C=C\C[C@@H](O[Si](C)(C)C(C)(C)C)c1cc(OC)c(Br)c(OC)c1. The van der Waals surface area contributed by atoms with Gasteiger partial charge in [0.05, 0.1) is 27.4 Å². The first-order valence-corrected chi connectivity index (χ1v) is 13.2. The molecule has 0 N–H and O–H groups in total. The van der Waals surface area contributed by atoms with Crippen molar-refractivity contribution in [2.75, 3.05) is 21.3 Å². The molecule has 0 unspecified atom stereocenters. The van der Waals surface area contributed by atoms with Crippen LogP contribution in [0.5, 0.6) is 11.5 Å². The Balaban J connectivity index is 3.25. The van der Waals surface area contributed by atoms with E-state index in [1.807, 2.05) is 24.3 Å². The molecule has 0 amide bonds. The van der Waals surface area contributed by atoms with Crippen LogP contribution in [0.4, 0.5) is 0 Å². The highest BCUT2D eigenvalue weighted by molar-refractivity contribution is 9.10. The molecule has 1 rings (SSSR count). The van der Waals surface area contributed by atoms with Crippen LogP contribution >= 0.6 is 15.9 Å². The summed E-state index contributed by atoms with van der Waals surface area (Å²) < 4.78 is 23.1. The summed E-state index contributed by atoms with van der Waals surface area (Å²) in [6.07, 6.45) is 7.33. The van der Waals surface area contributed by atoms with Crippen molar-refractivity contribution in [2.24, 2.45) is 0 Å². The number of hydrogen-bond donors (Lipinski definition) is 0.